The predicted octanol–water partition coefficient (Wildman–Crippen LogP) is 5.19. The molecule has 0 aliphatic rings. The lowest BCUT2D eigenvalue weighted by Gasteiger charge is -2.13. The number of alkyl halides is 1. The minimum atomic E-state index is -0.368. The van der Waals surface area contributed by atoms with Gasteiger partial charge in [-0.25, -0.2) is 0 Å². The first kappa shape index (κ1) is 15.0. The van der Waals surface area contributed by atoms with Gasteiger partial charge >= 0.3 is 0 Å². The molecule has 0 heterocycles. The standard InChI is InChI=1S/C15H13BrClNO2/c1-10-8-12(16)6-7-13(10)14(17)9-11-4-2-3-5-15(11)18(19)20/h2-8,14H,9H2,1H3. The Bertz CT molecular complexity index is 646. The Hall–Kier alpha value is -1.39. The molecule has 20 heavy (non-hydrogen) atoms. The van der Waals surface area contributed by atoms with E-state index in [2.05, 4.69) is 15.9 Å². The molecule has 0 aliphatic heterocycles. The first-order valence-corrected chi connectivity index (χ1v) is 7.34. The summed E-state index contributed by atoms with van der Waals surface area (Å²) in [6.07, 6.45) is 0.432. The van der Waals surface area contributed by atoms with Crippen molar-refractivity contribution >= 4 is 33.2 Å². The van der Waals surface area contributed by atoms with E-state index >= 15 is 0 Å². The second-order valence-corrected chi connectivity index (χ2v) is 6.00. The van der Waals surface area contributed by atoms with E-state index in [4.69, 9.17) is 11.6 Å². The van der Waals surface area contributed by atoms with Crippen molar-refractivity contribution < 1.29 is 4.92 Å². The van der Waals surface area contributed by atoms with Crippen LogP contribution in [0.25, 0.3) is 0 Å². The van der Waals surface area contributed by atoms with Gasteiger partial charge < -0.3 is 0 Å². The monoisotopic (exact) mass is 353 g/mol. The van der Waals surface area contributed by atoms with Gasteiger partial charge in [0.2, 0.25) is 0 Å². The Morgan fingerprint density at radius 2 is 2.00 bits per heavy atom. The molecular formula is C15H13BrClNO2. The molecule has 0 aromatic heterocycles. The van der Waals surface area contributed by atoms with Crippen LogP contribution in [0.3, 0.4) is 0 Å². The van der Waals surface area contributed by atoms with E-state index in [9.17, 15) is 10.1 Å². The highest BCUT2D eigenvalue weighted by Crippen LogP contribution is 2.32. The number of nitro benzene ring substituents is 1. The summed E-state index contributed by atoms with van der Waals surface area (Å²) in [7, 11) is 0. The van der Waals surface area contributed by atoms with Gasteiger partial charge in [-0.1, -0.05) is 40.2 Å². The van der Waals surface area contributed by atoms with Gasteiger partial charge in [0.1, 0.15) is 0 Å². The molecule has 0 aliphatic carbocycles. The van der Waals surface area contributed by atoms with Crippen LogP contribution in [-0.2, 0) is 6.42 Å². The lowest BCUT2D eigenvalue weighted by atomic mass is 9.99. The Kier molecular flexibility index (Phi) is 4.78. The smallest absolute Gasteiger partial charge is 0.258 e. The molecule has 0 saturated heterocycles. The number of nitrogens with zero attached hydrogens (tertiary/aromatic N) is 1. The van der Waals surface area contributed by atoms with Crippen molar-refractivity contribution in [3.05, 3.63) is 73.7 Å². The van der Waals surface area contributed by atoms with Gasteiger partial charge in [-0.3, -0.25) is 10.1 Å². The molecule has 0 saturated carbocycles. The van der Waals surface area contributed by atoms with E-state index in [1.807, 2.05) is 25.1 Å². The second-order valence-electron chi connectivity index (χ2n) is 4.56. The van der Waals surface area contributed by atoms with E-state index in [-0.39, 0.29) is 16.0 Å². The molecule has 0 fully saturated rings. The molecule has 0 radical (unpaired) electrons. The second kappa shape index (κ2) is 6.37. The fraction of sp³-hybridized carbons (Fsp3) is 0.200. The van der Waals surface area contributed by atoms with Crippen LogP contribution in [0.15, 0.2) is 46.9 Å². The van der Waals surface area contributed by atoms with E-state index in [0.717, 1.165) is 15.6 Å². The van der Waals surface area contributed by atoms with Gasteiger partial charge in [0.25, 0.3) is 5.69 Å². The fourth-order valence-corrected chi connectivity index (χ4v) is 3.04. The van der Waals surface area contributed by atoms with Gasteiger partial charge in [-0.15, -0.1) is 11.6 Å². The van der Waals surface area contributed by atoms with Crippen molar-refractivity contribution in [3.8, 4) is 0 Å². The third-order valence-electron chi connectivity index (χ3n) is 3.16. The molecule has 0 N–H and O–H groups in total. The maximum Gasteiger partial charge on any atom is 0.272 e. The number of hydrogen-bond acceptors (Lipinski definition) is 2. The fourth-order valence-electron chi connectivity index (χ4n) is 2.16. The Morgan fingerprint density at radius 1 is 1.30 bits per heavy atom. The molecule has 0 bridgehead atoms. The van der Waals surface area contributed by atoms with Crippen LogP contribution in [0.5, 0.6) is 0 Å². The van der Waals surface area contributed by atoms with E-state index in [0.29, 0.717) is 12.0 Å². The summed E-state index contributed by atoms with van der Waals surface area (Å²) in [4.78, 5) is 10.6. The highest BCUT2D eigenvalue weighted by Gasteiger charge is 2.18. The molecule has 1 atom stereocenters. The van der Waals surface area contributed by atoms with Crippen molar-refractivity contribution in [2.45, 2.75) is 18.7 Å². The molecule has 2 aromatic rings. The number of para-hydroxylation sites is 1. The summed E-state index contributed by atoms with van der Waals surface area (Å²) in [5, 5.41) is 10.7. The first-order chi connectivity index (χ1) is 9.49. The average molecular weight is 355 g/mol. The van der Waals surface area contributed by atoms with Crippen molar-refractivity contribution in [1.29, 1.82) is 0 Å². The van der Waals surface area contributed by atoms with E-state index in [1.165, 1.54) is 6.07 Å². The normalized spacial score (nSPS) is 12.2. The summed E-state index contributed by atoms with van der Waals surface area (Å²) in [6, 6.07) is 12.6. The summed E-state index contributed by atoms with van der Waals surface area (Å²) < 4.78 is 0.994. The van der Waals surface area contributed by atoms with Crippen LogP contribution in [0, 0.1) is 17.0 Å². The molecular weight excluding hydrogens is 342 g/mol. The third-order valence-corrected chi connectivity index (χ3v) is 4.04. The summed E-state index contributed by atoms with van der Waals surface area (Å²) in [5.74, 6) is 0. The number of nitro groups is 1. The lowest BCUT2D eigenvalue weighted by molar-refractivity contribution is -0.385. The zero-order valence-corrected chi connectivity index (χ0v) is 13.2. The number of halogens is 2. The zero-order valence-electron chi connectivity index (χ0n) is 10.8. The van der Waals surface area contributed by atoms with E-state index < -0.39 is 0 Å². The van der Waals surface area contributed by atoms with Crippen LogP contribution >= 0.6 is 27.5 Å². The summed E-state index contributed by atoms with van der Waals surface area (Å²) in [6.45, 7) is 1.98. The van der Waals surface area contributed by atoms with Crippen LogP contribution < -0.4 is 0 Å². The minimum Gasteiger partial charge on any atom is -0.258 e. The molecule has 1 unspecified atom stereocenters. The Labute approximate surface area is 130 Å². The first-order valence-electron chi connectivity index (χ1n) is 6.11. The van der Waals surface area contributed by atoms with Gasteiger partial charge in [0.05, 0.1) is 10.3 Å². The summed E-state index contributed by atoms with van der Waals surface area (Å²) >= 11 is 9.85. The van der Waals surface area contributed by atoms with Crippen LogP contribution in [0.1, 0.15) is 22.1 Å². The SMILES string of the molecule is Cc1cc(Br)ccc1C(Cl)Cc1ccccc1[N+](=O)[O-]. The molecule has 3 nitrogen and oxygen atoms in total. The topological polar surface area (TPSA) is 43.1 Å². The van der Waals surface area contributed by atoms with Crippen molar-refractivity contribution in [2.24, 2.45) is 0 Å². The Balaban J connectivity index is 2.28. The zero-order chi connectivity index (χ0) is 14.7. The van der Waals surface area contributed by atoms with Crippen molar-refractivity contribution in [1.82, 2.24) is 0 Å². The molecule has 2 aromatic carbocycles. The molecule has 5 heteroatoms. The third kappa shape index (κ3) is 3.38. The average Bonchev–Trinajstić information content (AvgIpc) is 2.38. The van der Waals surface area contributed by atoms with Crippen molar-refractivity contribution in [2.75, 3.05) is 0 Å². The number of hydrogen-bond donors (Lipinski definition) is 0. The molecule has 0 spiro atoms. The van der Waals surface area contributed by atoms with E-state index in [1.54, 1.807) is 18.2 Å². The maximum atomic E-state index is 11.0. The van der Waals surface area contributed by atoms with Crippen LogP contribution in [0.4, 0.5) is 5.69 Å². The van der Waals surface area contributed by atoms with Gasteiger partial charge in [0, 0.05) is 16.1 Å². The van der Waals surface area contributed by atoms with Crippen LogP contribution in [-0.4, -0.2) is 4.92 Å². The minimum absolute atomic E-state index is 0.118. The lowest BCUT2D eigenvalue weighted by Crippen LogP contribution is -2.01. The molecule has 2 rings (SSSR count). The number of benzene rings is 2. The predicted molar refractivity (Wildman–Crippen MR) is 84.3 cm³/mol. The maximum absolute atomic E-state index is 11.0. The molecule has 0 amide bonds. The van der Waals surface area contributed by atoms with Gasteiger partial charge in [-0.05, 0) is 36.6 Å². The van der Waals surface area contributed by atoms with Gasteiger partial charge in [-0.2, -0.15) is 0 Å². The highest BCUT2D eigenvalue weighted by molar-refractivity contribution is 9.10. The highest BCUT2D eigenvalue weighted by atomic mass is 79.9. The number of rotatable bonds is 4. The molecule has 104 valence electrons. The van der Waals surface area contributed by atoms with Crippen molar-refractivity contribution in [3.63, 3.8) is 0 Å². The largest absolute Gasteiger partial charge is 0.272 e. The van der Waals surface area contributed by atoms with Gasteiger partial charge in [0.15, 0.2) is 0 Å². The quantitative estimate of drug-likeness (QED) is 0.431. The Morgan fingerprint density at radius 3 is 2.65 bits per heavy atom. The summed E-state index contributed by atoms with van der Waals surface area (Å²) in [5.41, 5.74) is 2.83. The number of aryl methyl sites for hydroxylation is 1. The van der Waals surface area contributed by atoms with Crippen LogP contribution in [0.2, 0.25) is 0 Å².